The fraction of sp³-hybridized carbons (Fsp3) is 1.00. The van der Waals surface area contributed by atoms with Crippen molar-refractivity contribution in [1.82, 2.24) is 0 Å². The summed E-state index contributed by atoms with van der Waals surface area (Å²) in [5.74, 6) is 0. The lowest BCUT2D eigenvalue weighted by Gasteiger charge is -2.28. The summed E-state index contributed by atoms with van der Waals surface area (Å²) in [6.07, 6.45) is 3.68. The van der Waals surface area contributed by atoms with Gasteiger partial charge in [-0.05, 0) is 67.7 Å². The Balaban J connectivity index is 3.58. The molecule has 0 aliphatic carbocycles. The molecule has 0 fully saturated rings. The van der Waals surface area contributed by atoms with Crippen LogP contribution in [-0.2, 0) is 9.47 Å². The monoisotopic (exact) mass is 230 g/mol. The molecular weight excluding hydrogens is 200 g/mol. The third-order valence-electron chi connectivity index (χ3n) is 2.26. The Kier molecular flexibility index (Phi) is 6.57. The second-order valence-corrected chi connectivity index (χ2v) is 6.34. The average molecular weight is 230 g/mol. The van der Waals surface area contributed by atoms with Gasteiger partial charge in [-0.2, -0.15) is 0 Å². The highest BCUT2D eigenvalue weighted by Crippen LogP contribution is 2.20. The Bertz CT molecular complexity index is 178. The van der Waals surface area contributed by atoms with Crippen molar-refractivity contribution in [3.8, 4) is 0 Å². The molecule has 0 aliphatic heterocycles. The van der Waals surface area contributed by atoms with Gasteiger partial charge in [0.25, 0.3) is 0 Å². The van der Waals surface area contributed by atoms with E-state index in [-0.39, 0.29) is 11.2 Å². The van der Waals surface area contributed by atoms with Crippen molar-refractivity contribution in [2.45, 2.75) is 85.0 Å². The summed E-state index contributed by atoms with van der Waals surface area (Å²) in [6, 6.07) is 0. The van der Waals surface area contributed by atoms with Crippen LogP contribution in [0.1, 0.15) is 67.7 Å². The standard InChI is InChI=1S/C14H30O2/c1-12(2)16-14(6,7)10-8-9-11-15-13(3,4)5/h12H,8-11H2,1-7H3. The molecule has 0 rings (SSSR count). The highest BCUT2D eigenvalue weighted by Gasteiger charge is 2.19. The Hall–Kier alpha value is -0.0800. The summed E-state index contributed by atoms with van der Waals surface area (Å²) in [5.41, 5.74) is -0.0140. The van der Waals surface area contributed by atoms with Crippen molar-refractivity contribution in [3.63, 3.8) is 0 Å². The smallest absolute Gasteiger partial charge is 0.0630 e. The third-order valence-corrected chi connectivity index (χ3v) is 2.26. The first-order valence-electron chi connectivity index (χ1n) is 6.44. The van der Waals surface area contributed by atoms with Crippen LogP contribution in [0.2, 0.25) is 0 Å². The van der Waals surface area contributed by atoms with Crippen molar-refractivity contribution in [2.75, 3.05) is 6.61 Å². The van der Waals surface area contributed by atoms with E-state index in [0.29, 0.717) is 6.10 Å². The lowest BCUT2D eigenvalue weighted by atomic mass is 10.0. The van der Waals surface area contributed by atoms with Crippen molar-refractivity contribution >= 4 is 0 Å². The molecule has 0 unspecified atom stereocenters. The molecule has 0 radical (unpaired) electrons. The van der Waals surface area contributed by atoms with E-state index in [2.05, 4.69) is 48.5 Å². The molecule has 0 aromatic rings. The lowest BCUT2D eigenvalue weighted by molar-refractivity contribution is -0.0636. The SMILES string of the molecule is CC(C)OC(C)(C)CCCCOC(C)(C)C. The van der Waals surface area contributed by atoms with Crippen LogP contribution in [0, 0.1) is 0 Å². The molecule has 0 bridgehead atoms. The van der Waals surface area contributed by atoms with Gasteiger partial charge in [0.1, 0.15) is 0 Å². The van der Waals surface area contributed by atoms with Crippen LogP contribution in [0.3, 0.4) is 0 Å². The molecule has 0 heterocycles. The van der Waals surface area contributed by atoms with Gasteiger partial charge in [-0.25, -0.2) is 0 Å². The van der Waals surface area contributed by atoms with Crippen LogP contribution in [0.4, 0.5) is 0 Å². The third kappa shape index (κ3) is 10.4. The maximum atomic E-state index is 5.84. The van der Waals surface area contributed by atoms with Crippen LogP contribution in [-0.4, -0.2) is 23.9 Å². The van der Waals surface area contributed by atoms with Crippen molar-refractivity contribution in [3.05, 3.63) is 0 Å². The van der Waals surface area contributed by atoms with Gasteiger partial charge in [-0.15, -0.1) is 0 Å². The fourth-order valence-electron chi connectivity index (χ4n) is 1.73. The van der Waals surface area contributed by atoms with Gasteiger partial charge < -0.3 is 9.47 Å². The van der Waals surface area contributed by atoms with Crippen LogP contribution in [0.15, 0.2) is 0 Å². The first-order chi connectivity index (χ1) is 7.12. The van der Waals surface area contributed by atoms with E-state index in [1.807, 2.05) is 0 Å². The Labute approximate surface area is 102 Å². The predicted octanol–water partition coefficient (Wildman–Crippen LogP) is 4.18. The van der Waals surface area contributed by atoms with Gasteiger partial charge in [-0.1, -0.05) is 0 Å². The maximum absolute atomic E-state index is 5.84. The summed E-state index contributed by atoms with van der Waals surface area (Å²) < 4.78 is 11.5. The van der Waals surface area contributed by atoms with Crippen LogP contribution < -0.4 is 0 Å². The van der Waals surface area contributed by atoms with Gasteiger partial charge in [0.2, 0.25) is 0 Å². The summed E-state index contributed by atoms with van der Waals surface area (Å²) in [5, 5.41) is 0. The maximum Gasteiger partial charge on any atom is 0.0630 e. The second-order valence-electron chi connectivity index (χ2n) is 6.34. The summed E-state index contributed by atoms with van der Waals surface area (Å²) in [4.78, 5) is 0. The molecule has 0 aromatic heterocycles. The molecule has 0 saturated carbocycles. The number of rotatable bonds is 7. The van der Waals surface area contributed by atoms with Gasteiger partial charge in [0, 0.05) is 6.61 Å². The normalized spacial score (nSPS) is 13.5. The molecule has 0 N–H and O–H groups in total. The molecule has 98 valence electrons. The average Bonchev–Trinajstić information content (AvgIpc) is 1.98. The minimum Gasteiger partial charge on any atom is -0.376 e. The van der Waals surface area contributed by atoms with E-state index in [4.69, 9.17) is 9.47 Å². The Morgan fingerprint density at radius 2 is 1.50 bits per heavy atom. The topological polar surface area (TPSA) is 18.5 Å². The number of hydrogen-bond donors (Lipinski definition) is 0. The zero-order valence-corrected chi connectivity index (χ0v) is 12.2. The van der Waals surface area contributed by atoms with Gasteiger partial charge in [-0.3, -0.25) is 0 Å². The van der Waals surface area contributed by atoms with Crippen LogP contribution in [0.25, 0.3) is 0 Å². The zero-order chi connectivity index (χ0) is 12.8. The van der Waals surface area contributed by atoms with E-state index < -0.39 is 0 Å². The Morgan fingerprint density at radius 3 is 1.94 bits per heavy atom. The predicted molar refractivity (Wildman–Crippen MR) is 69.9 cm³/mol. The first kappa shape index (κ1) is 15.9. The van der Waals surface area contributed by atoms with E-state index in [0.717, 1.165) is 25.9 Å². The van der Waals surface area contributed by atoms with E-state index >= 15 is 0 Å². The Morgan fingerprint density at radius 1 is 0.938 bits per heavy atom. The largest absolute Gasteiger partial charge is 0.376 e. The summed E-state index contributed by atoms with van der Waals surface area (Å²) in [6.45, 7) is 15.6. The number of hydrogen-bond acceptors (Lipinski definition) is 2. The van der Waals surface area contributed by atoms with E-state index in [9.17, 15) is 0 Å². The minimum absolute atomic E-state index is 0.00407. The van der Waals surface area contributed by atoms with Gasteiger partial charge >= 0.3 is 0 Å². The highest BCUT2D eigenvalue weighted by atomic mass is 16.5. The minimum atomic E-state index is -0.00997. The van der Waals surface area contributed by atoms with E-state index in [1.54, 1.807) is 0 Å². The molecule has 2 heteroatoms. The second kappa shape index (κ2) is 6.61. The fourth-order valence-corrected chi connectivity index (χ4v) is 1.73. The van der Waals surface area contributed by atoms with Gasteiger partial charge in [0.15, 0.2) is 0 Å². The summed E-state index contributed by atoms with van der Waals surface area (Å²) in [7, 11) is 0. The van der Waals surface area contributed by atoms with Crippen molar-refractivity contribution in [2.24, 2.45) is 0 Å². The molecule has 0 aromatic carbocycles. The molecule has 0 amide bonds. The number of unbranched alkanes of at least 4 members (excludes halogenated alkanes) is 1. The van der Waals surface area contributed by atoms with Gasteiger partial charge in [0.05, 0.1) is 17.3 Å². The molecular formula is C14H30O2. The van der Waals surface area contributed by atoms with Crippen molar-refractivity contribution in [1.29, 1.82) is 0 Å². The lowest BCUT2D eigenvalue weighted by Crippen LogP contribution is -2.28. The number of ether oxygens (including phenoxy) is 2. The molecule has 0 atom stereocenters. The first-order valence-corrected chi connectivity index (χ1v) is 6.44. The van der Waals surface area contributed by atoms with Crippen molar-refractivity contribution < 1.29 is 9.47 Å². The molecule has 0 spiro atoms. The van der Waals surface area contributed by atoms with Crippen LogP contribution in [0.5, 0.6) is 0 Å². The molecule has 2 nitrogen and oxygen atoms in total. The molecule has 0 saturated heterocycles. The quantitative estimate of drug-likeness (QED) is 0.611. The van der Waals surface area contributed by atoms with E-state index in [1.165, 1.54) is 0 Å². The van der Waals surface area contributed by atoms with Crippen LogP contribution >= 0.6 is 0 Å². The molecule has 0 aliphatic rings. The zero-order valence-electron chi connectivity index (χ0n) is 12.2. The highest BCUT2D eigenvalue weighted by molar-refractivity contribution is 4.69. The molecule has 16 heavy (non-hydrogen) atoms. The summed E-state index contributed by atoms with van der Waals surface area (Å²) >= 11 is 0.